The number of aryl methyl sites for hydroxylation is 1. The van der Waals surface area contributed by atoms with Gasteiger partial charge in [0.15, 0.2) is 0 Å². The molecule has 0 aliphatic carbocycles. The Morgan fingerprint density at radius 3 is 2.33 bits per heavy atom. The smallest absolute Gasteiger partial charge is 0.0379 e. The molecule has 0 aliphatic heterocycles. The normalized spacial score (nSPS) is 11.4. The average molecular weight is 206 g/mol. The van der Waals surface area contributed by atoms with Gasteiger partial charge in [-0.15, -0.1) is 0 Å². The van der Waals surface area contributed by atoms with Crippen LogP contribution in [-0.4, -0.2) is 19.0 Å². The third-order valence-corrected chi connectivity index (χ3v) is 2.60. The van der Waals surface area contributed by atoms with Crippen LogP contribution in [0.15, 0.2) is 12.1 Å². The first kappa shape index (κ1) is 12.1. The summed E-state index contributed by atoms with van der Waals surface area (Å²) < 4.78 is 0. The van der Waals surface area contributed by atoms with Crippen LogP contribution in [0.4, 0.5) is 5.69 Å². The van der Waals surface area contributed by atoms with Crippen molar-refractivity contribution in [3.8, 4) is 0 Å². The molecule has 2 N–H and O–H groups in total. The van der Waals surface area contributed by atoms with E-state index in [4.69, 9.17) is 5.73 Å². The number of nitrogen functional groups attached to an aromatic ring is 1. The Balaban J connectivity index is 3.11. The van der Waals surface area contributed by atoms with E-state index in [1.54, 1.807) is 0 Å². The number of benzene rings is 1. The Morgan fingerprint density at radius 1 is 1.27 bits per heavy atom. The Hall–Kier alpha value is -1.02. The largest absolute Gasteiger partial charge is 0.398 e. The molecule has 0 bridgehead atoms. The minimum Gasteiger partial charge on any atom is -0.398 e. The summed E-state index contributed by atoms with van der Waals surface area (Å²) in [6.45, 7) is 7.43. The first-order valence-electron chi connectivity index (χ1n) is 5.45. The highest BCUT2D eigenvalue weighted by molar-refractivity contribution is 5.56. The summed E-state index contributed by atoms with van der Waals surface area (Å²) in [5, 5.41) is 0. The second-order valence-electron chi connectivity index (χ2n) is 4.81. The van der Waals surface area contributed by atoms with Crippen LogP contribution in [0, 0.1) is 6.92 Å². The zero-order valence-corrected chi connectivity index (χ0v) is 10.5. The highest BCUT2D eigenvalue weighted by Gasteiger charge is 2.08. The molecule has 0 aromatic heterocycles. The summed E-state index contributed by atoms with van der Waals surface area (Å²) in [6, 6.07) is 4.41. The predicted molar refractivity (Wildman–Crippen MR) is 67.1 cm³/mol. The van der Waals surface area contributed by atoms with E-state index in [9.17, 15) is 0 Å². The Kier molecular flexibility index (Phi) is 3.75. The van der Waals surface area contributed by atoms with Gasteiger partial charge in [-0.05, 0) is 43.6 Å². The molecule has 84 valence electrons. The van der Waals surface area contributed by atoms with E-state index in [0.717, 1.165) is 12.2 Å². The molecule has 0 amide bonds. The van der Waals surface area contributed by atoms with Crippen molar-refractivity contribution in [1.82, 2.24) is 4.90 Å². The molecule has 0 unspecified atom stereocenters. The molecule has 1 rings (SSSR count). The fourth-order valence-electron chi connectivity index (χ4n) is 1.84. The van der Waals surface area contributed by atoms with Gasteiger partial charge >= 0.3 is 0 Å². The zero-order chi connectivity index (χ0) is 11.6. The van der Waals surface area contributed by atoms with Crippen molar-refractivity contribution < 1.29 is 0 Å². The van der Waals surface area contributed by atoms with E-state index < -0.39 is 0 Å². The SMILES string of the molecule is Cc1cc(CN(C)C)cc(C(C)C)c1N. The van der Waals surface area contributed by atoms with Crippen LogP contribution >= 0.6 is 0 Å². The Bertz CT molecular complexity index is 341. The molecule has 15 heavy (non-hydrogen) atoms. The van der Waals surface area contributed by atoms with Crippen molar-refractivity contribution in [2.45, 2.75) is 33.2 Å². The predicted octanol–water partition coefficient (Wildman–Crippen LogP) is 2.76. The van der Waals surface area contributed by atoms with E-state index in [1.807, 2.05) is 0 Å². The second-order valence-corrected chi connectivity index (χ2v) is 4.81. The van der Waals surface area contributed by atoms with Gasteiger partial charge in [-0.1, -0.05) is 26.0 Å². The van der Waals surface area contributed by atoms with Crippen LogP contribution in [0.25, 0.3) is 0 Å². The third-order valence-electron chi connectivity index (χ3n) is 2.60. The molecule has 0 saturated heterocycles. The molecule has 0 radical (unpaired) electrons. The highest BCUT2D eigenvalue weighted by atomic mass is 15.0. The standard InChI is InChI=1S/C13H22N2/c1-9(2)12-7-11(8-15(4)5)6-10(3)13(12)14/h6-7,9H,8,14H2,1-5H3. The maximum Gasteiger partial charge on any atom is 0.0379 e. The summed E-state index contributed by atoms with van der Waals surface area (Å²) in [5.74, 6) is 0.491. The summed E-state index contributed by atoms with van der Waals surface area (Å²) in [4.78, 5) is 2.18. The van der Waals surface area contributed by atoms with Gasteiger partial charge in [0.2, 0.25) is 0 Å². The van der Waals surface area contributed by atoms with Crippen LogP contribution < -0.4 is 5.73 Å². The number of nitrogens with two attached hydrogens (primary N) is 1. The molecule has 0 saturated carbocycles. The van der Waals surface area contributed by atoms with Gasteiger partial charge in [0.05, 0.1) is 0 Å². The molecule has 0 spiro atoms. The quantitative estimate of drug-likeness (QED) is 0.771. The van der Waals surface area contributed by atoms with E-state index in [0.29, 0.717) is 5.92 Å². The second kappa shape index (κ2) is 4.67. The lowest BCUT2D eigenvalue weighted by atomic mass is 9.95. The molecule has 0 aliphatic rings. The lowest BCUT2D eigenvalue weighted by Crippen LogP contribution is -2.12. The summed E-state index contributed by atoms with van der Waals surface area (Å²) >= 11 is 0. The Morgan fingerprint density at radius 2 is 1.87 bits per heavy atom. The number of hydrogen-bond acceptors (Lipinski definition) is 2. The lowest BCUT2D eigenvalue weighted by Gasteiger charge is -2.16. The van der Waals surface area contributed by atoms with Crippen LogP contribution in [-0.2, 0) is 6.54 Å². The molecule has 1 aromatic carbocycles. The van der Waals surface area contributed by atoms with Crippen LogP contribution in [0.2, 0.25) is 0 Å². The van der Waals surface area contributed by atoms with Crippen molar-refractivity contribution in [2.75, 3.05) is 19.8 Å². The monoisotopic (exact) mass is 206 g/mol. The highest BCUT2D eigenvalue weighted by Crippen LogP contribution is 2.26. The molecule has 1 aromatic rings. The first-order valence-corrected chi connectivity index (χ1v) is 5.45. The molecule has 0 heterocycles. The van der Waals surface area contributed by atoms with Gasteiger partial charge in [0.25, 0.3) is 0 Å². The number of rotatable bonds is 3. The van der Waals surface area contributed by atoms with E-state index in [-0.39, 0.29) is 0 Å². The number of anilines is 1. The van der Waals surface area contributed by atoms with Gasteiger partial charge in [-0.25, -0.2) is 0 Å². The van der Waals surface area contributed by atoms with Crippen LogP contribution in [0.5, 0.6) is 0 Å². The van der Waals surface area contributed by atoms with Gasteiger partial charge in [-0.2, -0.15) is 0 Å². The van der Waals surface area contributed by atoms with Gasteiger partial charge in [0, 0.05) is 12.2 Å². The molecular weight excluding hydrogens is 184 g/mol. The molecule has 2 heteroatoms. The molecule has 0 atom stereocenters. The van der Waals surface area contributed by atoms with Crippen molar-refractivity contribution in [2.24, 2.45) is 0 Å². The van der Waals surface area contributed by atoms with Crippen LogP contribution in [0.1, 0.15) is 36.5 Å². The zero-order valence-electron chi connectivity index (χ0n) is 10.5. The summed E-state index contributed by atoms with van der Waals surface area (Å²) in [7, 11) is 4.17. The fourth-order valence-corrected chi connectivity index (χ4v) is 1.84. The summed E-state index contributed by atoms with van der Waals surface area (Å²) in [5.41, 5.74) is 10.8. The van der Waals surface area contributed by atoms with E-state index in [2.05, 4.69) is 51.9 Å². The maximum atomic E-state index is 6.07. The molecule has 2 nitrogen and oxygen atoms in total. The van der Waals surface area contributed by atoms with Crippen molar-refractivity contribution >= 4 is 5.69 Å². The van der Waals surface area contributed by atoms with Crippen molar-refractivity contribution in [3.63, 3.8) is 0 Å². The van der Waals surface area contributed by atoms with E-state index >= 15 is 0 Å². The van der Waals surface area contributed by atoms with Crippen LogP contribution in [0.3, 0.4) is 0 Å². The molecule has 0 fully saturated rings. The number of nitrogens with zero attached hydrogens (tertiary/aromatic N) is 1. The average Bonchev–Trinajstić information content (AvgIpc) is 2.09. The maximum absolute atomic E-state index is 6.07. The summed E-state index contributed by atoms with van der Waals surface area (Å²) in [6.07, 6.45) is 0. The van der Waals surface area contributed by atoms with Gasteiger partial charge in [-0.3, -0.25) is 0 Å². The topological polar surface area (TPSA) is 29.3 Å². The van der Waals surface area contributed by atoms with Crippen molar-refractivity contribution in [1.29, 1.82) is 0 Å². The minimum absolute atomic E-state index is 0.491. The fraction of sp³-hybridized carbons (Fsp3) is 0.538. The van der Waals surface area contributed by atoms with E-state index in [1.165, 1.54) is 16.7 Å². The number of hydrogen-bond donors (Lipinski definition) is 1. The first-order chi connectivity index (χ1) is 6.91. The van der Waals surface area contributed by atoms with Gasteiger partial charge < -0.3 is 10.6 Å². The van der Waals surface area contributed by atoms with Gasteiger partial charge in [0.1, 0.15) is 0 Å². The third kappa shape index (κ3) is 2.96. The minimum atomic E-state index is 0.491. The lowest BCUT2D eigenvalue weighted by molar-refractivity contribution is 0.402. The van der Waals surface area contributed by atoms with Crippen molar-refractivity contribution in [3.05, 3.63) is 28.8 Å². The molecular formula is C13H22N2. The Labute approximate surface area is 93.1 Å².